The van der Waals surface area contributed by atoms with E-state index >= 15 is 0 Å². The molecule has 1 heterocycles. The Morgan fingerprint density at radius 1 is 1.05 bits per heavy atom. The number of halogens is 2. The number of rotatable bonds is 8. The number of hydrogen-bond acceptors (Lipinski definition) is 3. The van der Waals surface area contributed by atoms with Crippen molar-refractivity contribution in [2.75, 3.05) is 6.54 Å². The van der Waals surface area contributed by atoms with Crippen LogP contribution in [0.25, 0.3) is 27.7 Å². The fourth-order valence-electron chi connectivity index (χ4n) is 5.66. The van der Waals surface area contributed by atoms with Crippen molar-refractivity contribution in [3.05, 3.63) is 105 Å². The molecule has 204 valence electrons. The van der Waals surface area contributed by atoms with Gasteiger partial charge in [-0.25, -0.2) is 4.98 Å². The molecule has 0 aliphatic heterocycles. The van der Waals surface area contributed by atoms with E-state index in [0.29, 0.717) is 36.4 Å². The number of hydrogen-bond donors (Lipinski definition) is 2. The Labute approximate surface area is 247 Å². The average molecular weight is 618 g/mol. The zero-order valence-electron chi connectivity index (χ0n) is 22.2. The van der Waals surface area contributed by atoms with Crippen molar-refractivity contribution in [1.29, 1.82) is 0 Å². The number of carbonyl (C=O) groups is 2. The molecule has 4 aromatic rings. The number of nitrogens with one attached hydrogen (secondary N) is 1. The number of aliphatic carboxylic acids is 1. The molecule has 0 spiro atoms. The van der Waals surface area contributed by atoms with Crippen molar-refractivity contribution in [3.63, 3.8) is 0 Å². The van der Waals surface area contributed by atoms with Crippen molar-refractivity contribution < 1.29 is 14.7 Å². The number of allylic oxidation sites excluding steroid dienone is 1. The number of carboxylic acid groups (broad SMARTS) is 1. The Kier molecular flexibility index (Phi) is 8.38. The third-order valence-electron chi connectivity index (χ3n) is 7.69. The Balaban J connectivity index is 1.37. The summed E-state index contributed by atoms with van der Waals surface area (Å²) in [6.45, 7) is 2.29. The van der Waals surface area contributed by atoms with E-state index < -0.39 is 11.4 Å². The van der Waals surface area contributed by atoms with Gasteiger partial charge >= 0.3 is 5.97 Å². The summed E-state index contributed by atoms with van der Waals surface area (Å²) in [5, 5.41) is 14.7. The van der Waals surface area contributed by atoms with Crippen LogP contribution in [0, 0.1) is 12.3 Å². The number of nitrogens with zero attached hydrogens (tertiary/aromatic N) is 1. The van der Waals surface area contributed by atoms with Crippen LogP contribution in [0.4, 0.5) is 0 Å². The fourth-order valence-corrected chi connectivity index (χ4v) is 6.21. The van der Waals surface area contributed by atoms with Gasteiger partial charge in [0, 0.05) is 27.0 Å². The van der Waals surface area contributed by atoms with Crippen LogP contribution in [-0.2, 0) is 4.79 Å². The molecule has 0 saturated carbocycles. The number of benzene rings is 3. The molecule has 2 N–H and O–H groups in total. The van der Waals surface area contributed by atoms with Gasteiger partial charge in [-0.15, -0.1) is 0 Å². The van der Waals surface area contributed by atoms with E-state index in [2.05, 4.69) is 21.2 Å². The van der Waals surface area contributed by atoms with Gasteiger partial charge in [0.25, 0.3) is 5.91 Å². The third kappa shape index (κ3) is 5.84. The van der Waals surface area contributed by atoms with Crippen LogP contribution >= 0.6 is 27.5 Å². The summed E-state index contributed by atoms with van der Waals surface area (Å²) in [6.07, 6.45) is 5.06. The van der Waals surface area contributed by atoms with Gasteiger partial charge in [-0.1, -0.05) is 76.1 Å². The van der Waals surface area contributed by atoms with Crippen molar-refractivity contribution in [3.8, 4) is 11.3 Å². The quantitative estimate of drug-likeness (QED) is 0.194. The van der Waals surface area contributed by atoms with E-state index in [1.165, 1.54) is 0 Å². The monoisotopic (exact) mass is 616 g/mol. The number of fused-ring (bicyclic) bond motifs is 1. The molecule has 0 bridgehead atoms. The first-order valence-corrected chi connectivity index (χ1v) is 14.6. The molecule has 0 radical (unpaired) electrons. The topological polar surface area (TPSA) is 79.3 Å². The van der Waals surface area contributed by atoms with Crippen LogP contribution < -0.4 is 5.32 Å². The number of amides is 1. The lowest BCUT2D eigenvalue weighted by Gasteiger charge is -2.31. The number of pyridine rings is 1. The highest BCUT2D eigenvalue weighted by Crippen LogP contribution is 2.42. The van der Waals surface area contributed by atoms with Crippen LogP contribution in [0.5, 0.6) is 0 Å². The minimum atomic E-state index is -0.967. The second-order valence-electron chi connectivity index (χ2n) is 10.3. The molecule has 1 atom stereocenters. The smallest absolute Gasteiger partial charge is 0.313 e. The fraction of sp³-hybridized carbons (Fsp3) is 0.242. The zero-order chi connectivity index (χ0) is 28.3. The number of aromatic nitrogens is 1. The zero-order valence-corrected chi connectivity index (χ0v) is 24.6. The van der Waals surface area contributed by atoms with Gasteiger partial charge in [-0.05, 0) is 86.1 Å². The van der Waals surface area contributed by atoms with Crippen LogP contribution in [-0.4, -0.2) is 28.5 Å². The first-order chi connectivity index (χ1) is 19.3. The molecule has 5 rings (SSSR count). The predicted molar refractivity (Wildman–Crippen MR) is 165 cm³/mol. The SMILES string of the molecule is Cc1c(-c2ccccc2)nc2ccc(Br)cc2c1C(=O)NCCCC1(C(=O)O)C=C(c2cccc(Cl)c2)CCC1. The molecule has 1 aliphatic carbocycles. The Morgan fingerprint density at radius 2 is 1.82 bits per heavy atom. The average Bonchev–Trinajstić information content (AvgIpc) is 2.95. The third-order valence-corrected chi connectivity index (χ3v) is 8.42. The highest BCUT2D eigenvalue weighted by Gasteiger charge is 2.38. The molecule has 1 aromatic heterocycles. The van der Waals surface area contributed by atoms with E-state index in [1.807, 2.05) is 85.8 Å². The van der Waals surface area contributed by atoms with E-state index in [-0.39, 0.29) is 5.91 Å². The van der Waals surface area contributed by atoms with Gasteiger partial charge in [0.1, 0.15) is 0 Å². The summed E-state index contributed by atoms with van der Waals surface area (Å²) in [5.74, 6) is -1.02. The molecular formula is C33H30BrClN2O3. The molecule has 0 saturated heterocycles. The van der Waals surface area contributed by atoms with Crippen LogP contribution in [0.15, 0.2) is 83.3 Å². The molecule has 5 nitrogen and oxygen atoms in total. The highest BCUT2D eigenvalue weighted by molar-refractivity contribution is 9.10. The lowest BCUT2D eigenvalue weighted by Crippen LogP contribution is -2.33. The predicted octanol–water partition coefficient (Wildman–Crippen LogP) is 8.47. The first-order valence-electron chi connectivity index (χ1n) is 13.4. The second kappa shape index (κ2) is 11.9. The number of carboxylic acids is 1. The maximum Gasteiger partial charge on any atom is 0.313 e. The standard InChI is InChI=1S/C33H30BrClN2O3/c1-21-29(27-19-25(34)13-14-28(27)37-30(21)22-8-3-2-4-9-22)31(38)36-17-7-16-33(32(39)40)15-6-11-24(20-33)23-10-5-12-26(35)18-23/h2-5,8-10,12-14,18-20H,6-7,11,15-17H2,1H3,(H,36,38)(H,39,40). The van der Waals surface area contributed by atoms with E-state index in [9.17, 15) is 14.7 Å². The summed E-state index contributed by atoms with van der Waals surface area (Å²) in [5.41, 5.74) is 4.85. The van der Waals surface area contributed by atoms with Crippen molar-refractivity contribution in [2.45, 2.75) is 39.0 Å². The van der Waals surface area contributed by atoms with Crippen LogP contribution in [0.2, 0.25) is 5.02 Å². The molecular weight excluding hydrogens is 588 g/mol. The molecule has 7 heteroatoms. The minimum Gasteiger partial charge on any atom is -0.481 e. The summed E-state index contributed by atoms with van der Waals surface area (Å²) >= 11 is 9.72. The molecule has 1 aliphatic rings. The van der Waals surface area contributed by atoms with Crippen LogP contribution in [0.3, 0.4) is 0 Å². The van der Waals surface area contributed by atoms with Gasteiger partial charge < -0.3 is 10.4 Å². The second-order valence-corrected chi connectivity index (χ2v) is 11.7. The molecule has 40 heavy (non-hydrogen) atoms. The maximum absolute atomic E-state index is 13.6. The molecule has 3 aromatic carbocycles. The largest absolute Gasteiger partial charge is 0.481 e. The summed E-state index contributed by atoms with van der Waals surface area (Å²) in [4.78, 5) is 31.0. The minimum absolute atomic E-state index is 0.191. The van der Waals surface area contributed by atoms with Gasteiger partial charge in [0.15, 0.2) is 0 Å². The van der Waals surface area contributed by atoms with Gasteiger partial charge in [-0.3, -0.25) is 9.59 Å². The van der Waals surface area contributed by atoms with Crippen molar-refractivity contribution in [1.82, 2.24) is 10.3 Å². The van der Waals surface area contributed by atoms with Gasteiger partial charge in [0.05, 0.1) is 22.2 Å². The normalized spacial score (nSPS) is 16.9. The van der Waals surface area contributed by atoms with Crippen LogP contribution in [0.1, 0.15) is 53.6 Å². The maximum atomic E-state index is 13.6. The summed E-state index contributed by atoms with van der Waals surface area (Å²) in [6, 6.07) is 23.1. The first kappa shape index (κ1) is 28.1. The van der Waals surface area contributed by atoms with E-state index in [1.54, 1.807) is 0 Å². The van der Waals surface area contributed by atoms with Crippen molar-refractivity contribution in [2.24, 2.45) is 5.41 Å². The Bertz CT molecular complexity index is 1620. The van der Waals surface area contributed by atoms with Crippen molar-refractivity contribution >= 4 is 55.9 Å². The number of carbonyl (C=O) groups excluding carboxylic acids is 1. The highest BCUT2D eigenvalue weighted by atomic mass is 79.9. The molecule has 1 amide bonds. The van der Waals surface area contributed by atoms with E-state index in [4.69, 9.17) is 16.6 Å². The van der Waals surface area contributed by atoms with Gasteiger partial charge in [-0.2, -0.15) is 0 Å². The summed E-state index contributed by atoms with van der Waals surface area (Å²) < 4.78 is 0.866. The lowest BCUT2D eigenvalue weighted by atomic mass is 9.72. The Hall–Kier alpha value is -3.48. The summed E-state index contributed by atoms with van der Waals surface area (Å²) in [7, 11) is 0. The van der Waals surface area contributed by atoms with E-state index in [0.717, 1.165) is 56.2 Å². The Morgan fingerprint density at radius 3 is 2.58 bits per heavy atom. The molecule has 0 fully saturated rings. The van der Waals surface area contributed by atoms with Gasteiger partial charge in [0.2, 0.25) is 0 Å². The lowest BCUT2D eigenvalue weighted by molar-refractivity contribution is -0.147. The molecule has 1 unspecified atom stereocenters.